The molecule has 0 N–H and O–H groups in total. The van der Waals surface area contributed by atoms with Crippen LogP contribution in [0.2, 0.25) is 0 Å². The summed E-state index contributed by atoms with van der Waals surface area (Å²) >= 11 is 0. The summed E-state index contributed by atoms with van der Waals surface area (Å²) in [5.74, 6) is 0. The number of hydrogen-bond donors (Lipinski definition) is 0. The number of benzene rings is 9. The van der Waals surface area contributed by atoms with E-state index in [0.717, 1.165) is 83.2 Å². The first-order valence-corrected chi connectivity index (χ1v) is 19.3. The van der Waals surface area contributed by atoms with Crippen LogP contribution in [0.1, 0.15) is 0 Å². The minimum Gasteiger partial charge on any atom is -0.456 e. The van der Waals surface area contributed by atoms with E-state index in [0.29, 0.717) is 0 Å². The highest BCUT2D eigenvalue weighted by atomic mass is 16.3. The van der Waals surface area contributed by atoms with Gasteiger partial charge in [-0.05, 0) is 99.6 Å². The van der Waals surface area contributed by atoms with Gasteiger partial charge >= 0.3 is 0 Å². The van der Waals surface area contributed by atoms with Crippen molar-refractivity contribution in [3.8, 4) is 44.5 Å². The van der Waals surface area contributed by atoms with E-state index in [2.05, 4.69) is 199 Å². The van der Waals surface area contributed by atoms with Crippen molar-refractivity contribution < 1.29 is 8.83 Å². The summed E-state index contributed by atoms with van der Waals surface area (Å²) in [5, 5.41) is 4.41. The standard InChI is InChI=1S/C54H35NO2/c1-3-11-36(12-4-1)38-23-28-43(29-24-38)55(44-30-25-39(26-31-44)37-13-5-2-6-14-37)49-33-32-45(54-53(49)47-16-8-10-18-51(47)57-54)41-21-19-40(20-22-41)42-27-34-52-48(35-42)46-15-7-9-17-50(46)56-52/h1-35H. The molecule has 0 aliphatic heterocycles. The summed E-state index contributed by atoms with van der Waals surface area (Å²) in [6, 6.07) is 75.1. The number of hydrogen-bond acceptors (Lipinski definition) is 3. The Labute approximate surface area is 330 Å². The smallest absolute Gasteiger partial charge is 0.145 e. The number of nitrogens with zero attached hydrogens (tertiary/aromatic N) is 1. The Kier molecular flexibility index (Phi) is 7.82. The molecule has 0 atom stereocenters. The molecule has 0 bridgehead atoms. The molecule has 2 heterocycles. The van der Waals surface area contributed by atoms with Crippen molar-refractivity contribution in [1.82, 2.24) is 0 Å². The SMILES string of the molecule is c1ccc(-c2ccc(N(c3ccc(-c4ccccc4)cc3)c3ccc(-c4ccc(-c5ccc6oc7ccccc7c6c5)cc4)c4oc5ccccc5c34)cc2)cc1. The maximum atomic E-state index is 6.81. The van der Waals surface area contributed by atoms with E-state index >= 15 is 0 Å². The van der Waals surface area contributed by atoms with Crippen LogP contribution in [0.25, 0.3) is 88.4 Å². The Balaban J connectivity index is 1.04. The molecule has 0 saturated carbocycles. The molecule has 0 amide bonds. The van der Waals surface area contributed by atoms with Gasteiger partial charge in [-0.1, -0.05) is 152 Å². The van der Waals surface area contributed by atoms with Gasteiger partial charge in [0.1, 0.15) is 22.3 Å². The highest BCUT2D eigenvalue weighted by Gasteiger charge is 2.22. The Morgan fingerprint density at radius 3 is 1.39 bits per heavy atom. The molecule has 0 radical (unpaired) electrons. The molecule has 0 fully saturated rings. The first-order valence-electron chi connectivity index (χ1n) is 19.3. The fourth-order valence-electron chi connectivity index (χ4n) is 8.27. The van der Waals surface area contributed by atoms with Crippen LogP contribution in [-0.4, -0.2) is 0 Å². The lowest BCUT2D eigenvalue weighted by Gasteiger charge is -2.27. The Bertz CT molecular complexity index is 3110. The summed E-state index contributed by atoms with van der Waals surface area (Å²) < 4.78 is 12.9. The van der Waals surface area contributed by atoms with E-state index in [1.165, 1.54) is 22.3 Å². The molecule has 11 rings (SSSR count). The molecule has 2 aromatic heterocycles. The van der Waals surface area contributed by atoms with Gasteiger partial charge in [0.15, 0.2) is 0 Å². The fourth-order valence-corrected chi connectivity index (χ4v) is 8.27. The highest BCUT2D eigenvalue weighted by molar-refractivity contribution is 6.17. The second-order valence-corrected chi connectivity index (χ2v) is 14.5. The average Bonchev–Trinajstić information content (AvgIpc) is 3.87. The van der Waals surface area contributed by atoms with Crippen LogP contribution in [0.15, 0.2) is 221 Å². The maximum Gasteiger partial charge on any atom is 0.145 e. The molecule has 57 heavy (non-hydrogen) atoms. The zero-order valence-corrected chi connectivity index (χ0v) is 31.0. The van der Waals surface area contributed by atoms with Gasteiger partial charge in [-0.25, -0.2) is 0 Å². The van der Waals surface area contributed by atoms with Crippen LogP contribution in [0.4, 0.5) is 17.1 Å². The van der Waals surface area contributed by atoms with Crippen molar-refractivity contribution in [3.05, 3.63) is 212 Å². The molecule has 0 unspecified atom stereocenters. The zero-order valence-electron chi connectivity index (χ0n) is 31.0. The van der Waals surface area contributed by atoms with Crippen molar-refractivity contribution in [1.29, 1.82) is 0 Å². The number of fused-ring (bicyclic) bond motifs is 6. The van der Waals surface area contributed by atoms with Crippen molar-refractivity contribution in [2.45, 2.75) is 0 Å². The van der Waals surface area contributed by atoms with Crippen molar-refractivity contribution in [3.63, 3.8) is 0 Å². The fraction of sp³-hybridized carbons (Fsp3) is 0. The molecule has 0 spiro atoms. The van der Waals surface area contributed by atoms with Crippen LogP contribution in [0.3, 0.4) is 0 Å². The summed E-state index contributed by atoms with van der Waals surface area (Å²) in [4.78, 5) is 2.36. The predicted octanol–water partition coefficient (Wildman–Crippen LogP) is 15.6. The summed E-state index contributed by atoms with van der Waals surface area (Å²) in [7, 11) is 0. The molecular weight excluding hydrogens is 695 g/mol. The normalized spacial score (nSPS) is 11.5. The van der Waals surface area contributed by atoms with Gasteiger partial charge in [0.25, 0.3) is 0 Å². The van der Waals surface area contributed by atoms with Gasteiger partial charge in [0.2, 0.25) is 0 Å². The third-order valence-electron chi connectivity index (χ3n) is 11.1. The second-order valence-electron chi connectivity index (χ2n) is 14.5. The van der Waals surface area contributed by atoms with Crippen molar-refractivity contribution >= 4 is 60.9 Å². The molecule has 11 aromatic rings. The van der Waals surface area contributed by atoms with Crippen molar-refractivity contribution in [2.75, 3.05) is 4.90 Å². The highest BCUT2D eigenvalue weighted by Crippen LogP contribution is 2.47. The quantitative estimate of drug-likeness (QED) is 0.164. The van der Waals surface area contributed by atoms with Crippen LogP contribution in [-0.2, 0) is 0 Å². The topological polar surface area (TPSA) is 29.5 Å². The largest absolute Gasteiger partial charge is 0.456 e. The van der Waals surface area contributed by atoms with Gasteiger partial charge in [0.05, 0.1) is 11.1 Å². The van der Waals surface area contributed by atoms with E-state index in [-0.39, 0.29) is 0 Å². The first kappa shape index (κ1) is 32.8. The van der Waals surface area contributed by atoms with Crippen LogP contribution in [0.5, 0.6) is 0 Å². The average molecular weight is 730 g/mol. The second kappa shape index (κ2) is 13.6. The Hall–Kier alpha value is -7.62. The first-order chi connectivity index (χ1) is 28.2. The van der Waals surface area contributed by atoms with Crippen molar-refractivity contribution in [2.24, 2.45) is 0 Å². The number of anilines is 3. The minimum atomic E-state index is 0.859. The third kappa shape index (κ3) is 5.76. The number of furan rings is 2. The van der Waals surface area contributed by atoms with Crippen LogP contribution in [0, 0.1) is 0 Å². The van der Waals surface area contributed by atoms with Crippen LogP contribution < -0.4 is 4.90 Å². The molecule has 268 valence electrons. The van der Waals surface area contributed by atoms with E-state index in [9.17, 15) is 0 Å². The third-order valence-corrected chi connectivity index (χ3v) is 11.1. The monoisotopic (exact) mass is 729 g/mol. The zero-order chi connectivity index (χ0) is 37.7. The minimum absolute atomic E-state index is 0.859. The summed E-state index contributed by atoms with van der Waals surface area (Å²) in [6.07, 6.45) is 0. The summed E-state index contributed by atoms with van der Waals surface area (Å²) in [6.45, 7) is 0. The lowest BCUT2D eigenvalue weighted by molar-refractivity contribution is 0.669. The van der Waals surface area contributed by atoms with Gasteiger partial charge in [-0.15, -0.1) is 0 Å². The predicted molar refractivity (Wildman–Crippen MR) is 237 cm³/mol. The summed E-state index contributed by atoms with van der Waals surface area (Å²) in [5.41, 5.74) is 15.9. The van der Waals surface area contributed by atoms with Gasteiger partial charge in [0, 0.05) is 33.1 Å². The Morgan fingerprint density at radius 1 is 0.298 bits per heavy atom. The molecule has 0 aliphatic carbocycles. The lowest BCUT2D eigenvalue weighted by atomic mass is 9.96. The van der Waals surface area contributed by atoms with Gasteiger partial charge < -0.3 is 13.7 Å². The van der Waals surface area contributed by atoms with E-state index in [4.69, 9.17) is 8.83 Å². The molecule has 9 aromatic carbocycles. The number of para-hydroxylation sites is 2. The van der Waals surface area contributed by atoms with Gasteiger partial charge in [-0.3, -0.25) is 0 Å². The molecule has 3 heteroatoms. The van der Waals surface area contributed by atoms with E-state index < -0.39 is 0 Å². The maximum absolute atomic E-state index is 6.81. The lowest BCUT2D eigenvalue weighted by Crippen LogP contribution is -2.10. The molecule has 0 aliphatic rings. The van der Waals surface area contributed by atoms with Gasteiger partial charge in [-0.2, -0.15) is 0 Å². The van der Waals surface area contributed by atoms with Crippen LogP contribution >= 0.6 is 0 Å². The molecule has 0 saturated heterocycles. The van der Waals surface area contributed by atoms with E-state index in [1.54, 1.807) is 0 Å². The Morgan fingerprint density at radius 2 is 0.754 bits per heavy atom. The molecule has 3 nitrogen and oxygen atoms in total. The molecular formula is C54H35NO2. The number of rotatable bonds is 7. The van der Waals surface area contributed by atoms with E-state index in [1.807, 2.05) is 18.2 Å².